The maximum atomic E-state index is 13.1. The second-order valence-electron chi connectivity index (χ2n) is 8.16. The number of carboxylic acid groups (broad SMARTS) is 1. The third kappa shape index (κ3) is 5.86. The molecule has 14 nitrogen and oxygen atoms in total. The van der Waals surface area contributed by atoms with Gasteiger partial charge in [-0.25, -0.2) is 9.59 Å². The number of fused-ring (bicyclic) bond motifs is 1. The maximum Gasteiger partial charge on any atom is 0.352 e. The number of aliphatic carboxylic acids is 1. The highest BCUT2D eigenvalue weighted by molar-refractivity contribution is 8.01. The van der Waals surface area contributed by atoms with Gasteiger partial charge in [0.2, 0.25) is 11.1 Å². The van der Waals surface area contributed by atoms with E-state index < -0.39 is 34.6 Å². The van der Waals surface area contributed by atoms with Crippen molar-refractivity contribution in [3.63, 3.8) is 0 Å². The van der Waals surface area contributed by atoms with Crippen LogP contribution >= 0.6 is 23.5 Å². The summed E-state index contributed by atoms with van der Waals surface area (Å²) in [5.41, 5.74) is 12.8. The Morgan fingerprint density at radius 2 is 2.05 bits per heavy atom. The topological polar surface area (TPSA) is 222 Å². The minimum Gasteiger partial charge on any atom is -0.477 e. The van der Waals surface area contributed by atoms with Gasteiger partial charge in [0.15, 0.2) is 0 Å². The van der Waals surface area contributed by atoms with Gasteiger partial charge in [-0.15, -0.1) is 22.0 Å². The van der Waals surface area contributed by atoms with Crippen molar-refractivity contribution < 1.29 is 24.3 Å². The van der Waals surface area contributed by atoms with E-state index >= 15 is 0 Å². The van der Waals surface area contributed by atoms with Crippen LogP contribution in [0.15, 0.2) is 40.7 Å². The monoisotopic (exact) mass is 547 g/mol. The summed E-state index contributed by atoms with van der Waals surface area (Å²) in [6.45, 7) is 0.456. The molecule has 8 N–H and O–H groups in total. The molecule has 37 heavy (non-hydrogen) atoms. The first-order chi connectivity index (χ1) is 17.8. The lowest BCUT2D eigenvalue weighted by atomic mass is 9.99. The fraction of sp³-hybridized carbons (Fsp3) is 0.381. The number of rotatable bonds is 11. The molecule has 3 heterocycles. The van der Waals surface area contributed by atoms with Crippen LogP contribution in [0.1, 0.15) is 17.5 Å². The third-order valence-electron chi connectivity index (χ3n) is 5.87. The van der Waals surface area contributed by atoms with Crippen LogP contribution in [0.3, 0.4) is 0 Å². The van der Waals surface area contributed by atoms with Crippen molar-refractivity contribution in [1.29, 1.82) is 0 Å². The Kier molecular flexibility index (Phi) is 8.30. The number of nitrogens with zero attached hydrogens (tertiary/aromatic N) is 4. The van der Waals surface area contributed by atoms with Crippen LogP contribution in [0.25, 0.3) is 0 Å². The number of carbonyl (C=O) groups is 4. The molecule has 196 valence electrons. The summed E-state index contributed by atoms with van der Waals surface area (Å²) in [6, 6.07) is 5.73. The fourth-order valence-corrected chi connectivity index (χ4v) is 6.71. The number of carbonyl (C=O) groups excluding carboxylic acids is 3. The molecular formula is C21H25N9O5S2. The number of benzene rings is 1. The van der Waals surface area contributed by atoms with Gasteiger partial charge >= 0.3 is 12.0 Å². The zero-order valence-corrected chi connectivity index (χ0v) is 21.1. The van der Waals surface area contributed by atoms with Crippen molar-refractivity contribution >= 4 is 47.3 Å². The second kappa shape index (κ2) is 11.6. The summed E-state index contributed by atoms with van der Waals surface area (Å²) in [4.78, 5) is 50.4. The molecule has 0 radical (unpaired) electrons. The molecule has 3 atom stereocenters. The van der Waals surface area contributed by atoms with Crippen molar-refractivity contribution in [3.8, 4) is 0 Å². The maximum absolute atomic E-state index is 13.1. The molecule has 1 aromatic carbocycles. The first-order valence-electron chi connectivity index (χ1n) is 11.2. The number of nitrogens with one attached hydrogen (secondary N) is 3. The smallest absolute Gasteiger partial charge is 0.352 e. The van der Waals surface area contributed by atoms with Crippen LogP contribution in [-0.2, 0) is 27.3 Å². The molecule has 16 heteroatoms. The number of carboxylic acids is 1. The van der Waals surface area contributed by atoms with Crippen molar-refractivity contribution in [2.24, 2.45) is 11.5 Å². The number of hydrogen-bond donors (Lipinski definition) is 6. The first-order valence-corrected chi connectivity index (χ1v) is 13.1. The summed E-state index contributed by atoms with van der Waals surface area (Å²) in [7, 11) is 0. The molecule has 2 aromatic rings. The minimum absolute atomic E-state index is 0.0533. The van der Waals surface area contributed by atoms with E-state index in [1.165, 1.54) is 16.7 Å². The number of tetrazole rings is 1. The van der Waals surface area contributed by atoms with Crippen LogP contribution < -0.4 is 22.1 Å². The van der Waals surface area contributed by atoms with Crippen LogP contribution in [-0.4, -0.2) is 83.4 Å². The Morgan fingerprint density at radius 3 is 2.70 bits per heavy atom. The SMILES string of the molecule is NCc1ccccc1CC(=O)NC1C(=O)N2C(C(=O)O)=C(C(CCNC(N)=O)Sc3nn[nH]n3)CS[C@@H]12. The lowest BCUT2D eigenvalue weighted by Crippen LogP contribution is -2.70. The van der Waals surface area contributed by atoms with E-state index in [0.717, 1.165) is 22.9 Å². The molecule has 0 aliphatic carbocycles. The van der Waals surface area contributed by atoms with E-state index in [1.807, 2.05) is 18.2 Å². The molecule has 2 aliphatic rings. The fourth-order valence-electron chi connectivity index (χ4n) is 4.18. The highest BCUT2D eigenvalue weighted by atomic mass is 32.2. The van der Waals surface area contributed by atoms with Crippen molar-refractivity contribution in [2.45, 2.75) is 41.2 Å². The minimum atomic E-state index is -1.27. The zero-order chi connectivity index (χ0) is 26.5. The Morgan fingerprint density at radius 1 is 1.30 bits per heavy atom. The molecule has 1 fully saturated rings. The van der Waals surface area contributed by atoms with E-state index in [1.54, 1.807) is 6.07 Å². The van der Waals surface area contributed by atoms with E-state index in [-0.39, 0.29) is 42.0 Å². The number of amides is 4. The van der Waals surface area contributed by atoms with Crippen LogP contribution in [0.4, 0.5) is 4.79 Å². The van der Waals surface area contributed by atoms with E-state index in [4.69, 9.17) is 11.5 Å². The molecule has 0 bridgehead atoms. The number of nitrogens with two attached hydrogens (primary N) is 2. The molecule has 1 saturated heterocycles. The first kappa shape index (κ1) is 26.4. The van der Waals surface area contributed by atoms with Crippen LogP contribution in [0, 0.1) is 0 Å². The molecule has 1 aromatic heterocycles. The summed E-state index contributed by atoms with van der Waals surface area (Å²) in [6.07, 6.45) is 0.361. The Hall–Kier alpha value is -3.63. The number of H-pyrrole nitrogens is 1. The normalized spacial score (nSPS) is 19.6. The molecule has 2 unspecified atom stereocenters. The number of aromatic nitrogens is 4. The standard InChI is InChI=1S/C21H25N9O5S2/c22-8-11-4-2-1-3-10(11)7-14(31)25-15-17(32)30-16(19(33)34)12(9-36-18(15)30)13(5-6-24-20(23)35)37-21-26-28-29-27-21/h1-4,13,15,18H,5-9,22H2,(H,25,31)(H,33,34)(H3,23,24,35)(H,26,27,28,29)/t13?,15?,18-/m0/s1. The summed E-state index contributed by atoms with van der Waals surface area (Å²) >= 11 is 2.51. The average molecular weight is 548 g/mol. The predicted octanol–water partition coefficient (Wildman–Crippen LogP) is -0.841. The van der Waals surface area contributed by atoms with E-state index in [0.29, 0.717) is 12.0 Å². The number of urea groups is 1. The zero-order valence-electron chi connectivity index (χ0n) is 19.4. The van der Waals surface area contributed by atoms with E-state index in [2.05, 4.69) is 31.3 Å². The Labute approximate surface area is 219 Å². The number of thioether (sulfide) groups is 2. The number of β-lactam (4-membered cyclic amide) rings is 1. The third-order valence-corrected chi connectivity index (χ3v) is 8.36. The van der Waals surface area contributed by atoms with E-state index in [9.17, 15) is 24.3 Å². The average Bonchev–Trinajstić information content (AvgIpc) is 3.39. The largest absolute Gasteiger partial charge is 0.477 e. The van der Waals surface area contributed by atoms with Crippen LogP contribution in [0.2, 0.25) is 0 Å². The van der Waals surface area contributed by atoms with Gasteiger partial charge in [-0.05, 0) is 28.3 Å². The molecule has 0 spiro atoms. The van der Waals surface area contributed by atoms with Gasteiger partial charge in [0.05, 0.1) is 6.42 Å². The van der Waals surface area contributed by atoms with Crippen molar-refractivity contribution in [1.82, 2.24) is 36.2 Å². The Bertz CT molecular complexity index is 1220. The van der Waals surface area contributed by atoms with Gasteiger partial charge < -0.3 is 27.2 Å². The van der Waals surface area contributed by atoms with Crippen LogP contribution in [0.5, 0.6) is 0 Å². The number of aromatic amines is 1. The number of hydrogen-bond acceptors (Lipinski definition) is 10. The van der Waals surface area contributed by atoms with Crippen molar-refractivity contribution in [3.05, 3.63) is 46.7 Å². The van der Waals surface area contributed by atoms with Gasteiger partial charge in [-0.1, -0.05) is 36.0 Å². The molecule has 4 amide bonds. The van der Waals surface area contributed by atoms with Gasteiger partial charge in [0.25, 0.3) is 5.91 Å². The van der Waals surface area contributed by atoms with Gasteiger partial charge in [0.1, 0.15) is 17.1 Å². The predicted molar refractivity (Wildman–Crippen MR) is 134 cm³/mol. The summed E-state index contributed by atoms with van der Waals surface area (Å²) in [5, 5.41) is 28.2. The van der Waals surface area contributed by atoms with Crippen molar-refractivity contribution in [2.75, 3.05) is 12.3 Å². The highest BCUT2D eigenvalue weighted by Crippen LogP contribution is 2.44. The second-order valence-corrected chi connectivity index (χ2v) is 10.4. The van der Waals surface area contributed by atoms with Gasteiger partial charge in [-0.3, -0.25) is 14.5 Å². The molecule has 2 aliphatic heterocycles. The highest BCUT2D eigenvalue weighted by Gasteiger charge is 2.54. The molecular weight excluding hydrogens is 522 g/mol. The number of primary amides is 1. The quantitative estimate of drug-likeness (QED) is 0.150. The molecule has 0 saturated carbocycles. The lowest BCUT2D eigenvalue weighted by molar-refractivity contribution is -0.150. The van der Waals surface area contributed by atoms with Gasteiger partial charge in [-0.2, -0.15) is 5.21 Å². The molecule has 4 rings (SSSR count). The lowest BCUT2D eigenvalue weighted by Gasteiger charge is -2.50. The summed E-state index contributed by atoms with van der Waals surface area (Å²) < 4.78 is 0. The Balaban J connectivity index is 1.51. The summed E-state index contributed by atoms with van der Waals surface area (Å²) in [5.74, 6) is -1.85. The van der Waals surface area contributed by atoms with Gasteiger partial charge in [0, 0.05) is 24.1 Å².